The monoisotopic (exact) mass is 236 g/mol. The van der Waals surface area contributed by atoms with Crippen LogP contribution in [0, 0.1) is 0 Å². The molecule has 0 radical (unpaired) electrons. The second-order valence-electron chi connectivity index (χ2n) is 4.45. The van der Waals surface area contributed by atoms with Crippen LogP contribution in [0.4, 0.5) is 4.79 Å². The highest BCUT2D eigenvalue weighted by Gasteiger charge is 2.37. The predicted molar refractivity (Wildman–Crippen MR) is 61.8 cm³/mol. The number of nitrogens with zero attached hydrogens (tertiary/aromatic N) is 2. The number of hydrogen-bond acceptors (Lipinski definition) is 3. The van der Waals surface area contributed by atoms with E-state index in [4.69, 9.17) is 5.11 Å². The Morgan fingerprint density at radius 2 is 2.18 bits per heavy atom. The number of carbonyl (C=O) groups is 1. The quantitative estimate of drug-likeness (QED) is 0.806. The summed E-state index contributed by atoms with van der Waals surface area (Å²) in [5.41, 5.74) is 0.660. The molecule has 1 saturated heterocycles. The lowest BCUT2D eigenvalue weighted by Crippen LogP contribution is -2.46. The highest BCUT2D eigenvalue weighted by atomic mass is 16.4. The van der Waals surface area contributed by atoms with Gasteiger partial charge in [0.05, 0.1) is 6.61 Å². The van der Waals surface area contributed by atoms with E-state index in [1.54, 1.807) is 12.4 Å². The largest absolute Gasteiger partial charge is 0.465 e. The Morgan fingerprint density at radius 3 is 2.65 bits per heavy atom. The van der Waals surface area contributed by atoms with Gasteiger partial charge in [-0.3, -0.25) is 4.98 Å². The predicted octanol–water partition coefficient (Wildman–Crippen LogP) is 1.09. The van der Waals surface area contributed by atoms with Gasteiger partial charge >= 0.3 is 6.09 Å². The fourth-order valence-corrected chi connectivity index (χ4v) is 2.34. The highest BCUT2D eigenvalue weighted by molar-refractivity contribution is 5.65. The first kappa shape index (κ1) is 11.9. The van der Waals surface area contributed by atoms with Crippen molar-refractivity contribution < 1.29 is 15.0 Å². The molecule has 17 heavy (non-hydrogen) atoms. The Bertz CT molecular complexity index is 386. The Morgan fingerprint density at radius 1 is 1.47 bits per heavy atom. The molecule has 0 spiro atoms. The van der Waals surface area contributed by atoms with Gasteiger partial charge in [0, 0.05) is 30.9 Å². The van der Waals surface area contributed by atoms with Crippen LogP contribution in [0.3, 0.4) is 0 Å². The van der Waals surface area contributed by atoms with Gasteiger partial charge in [0.25, 0.3) is 0 Å². The average Bonchev–Trinajstić information content (AvgIpc) is 2.40. The van der Waals surface area contributed by atoms with Gasteiger partial charge in [0.15, 0.2) is 0 Å². The fraction of sp³-hybridized carbons (Fsp3) is 0.500. The molecular weight excluding hydrogens is 220 g/mol. The number of likely N-dealkylation sites (tertiary alicyclic amines) is 1. The molecule has 0 unspecified atom stereocenters. The molecule has 1 fully saturated rings. The van der Waals surface area contributed by atoms with Crippen molar-refractivity contribution in [3.63, 3.8) is 0 Å². The van der Waals surface area contributed by atoms with Crippen molar-refractivity contribution in [3.8, 4) is 0 Å². The Hall–Kier alpha value is -1.62. The van der Waals surface area contributed by atoms with Gasteiger partial charge in [-0.1, -0.05) is 6.07 Å². The van der Waals surface area contributed by atoms with Crippen molar-refractivity contribution in [2.45, 2.75) is 18.3 Å². The van der Waals surface area contributed by atoms with Crippen molar-refractivity contribution in [1.29, 1.82) is 0 Å². The first-order valence-electron chi connectivity index (χ1n) is 5.67. The zero-order valence-corrected chi connectivity index (χ0v) is 9.54. The van der Waals surface area contributed by atoms with Crippen LogP contribution in [-0.4, -0.2) is 45.9 Å². The topological polar surface area (TPSA) is 73.7 Å². The number of amides is 1. The van der Waals surface area contributed by atoms with Crippen molar-refractivity contribution in [2.75, 3.05) is 19.7 Å². The third kappa shape index (κ3) is 2.24. The van der Waals surface area contributed by atoms with Crippen LogP contribution in [0.1, 0.15) is 18.4 Å². The first-order valence-corrected chi connectivity index (χ1v) is 5.67. The maximum atomic E-state index is 10.8. The van der Waals surface area contributed by atoms with Gasteiger partial charge in [-0.25, -0.2) is 4.79 Å². The zero-order chi connectivity index (χ0) is 12.3. The summed E-state index contributed by atoms with van der Waals surface area (Å²) in [6.45, 7) is 0.960. The number of rotatable bonds is 2. The summed E-state index contributed by atoms with van der Waals surface area (Å²) in [6.07, 6.45) is 3.85. The first-order chi connectivity index (χ1) is 8.18. The van der Waals surface area contributed by atoms with E-state index in [0.29, 0.717) is 25.9 Å². The van der Waals surface area contributed by atoms with Gasteiger partial charge in [-0.2, -0.15) is 0 Å². The van der Waals surface area contributed by atoms with E-state index < -0.39 is 6.09 Å². The van der Waals surface area contributed by atoms with Crippen molar-refractivity contribution in [2.24, 2.45) is 0 Å². The number of hydrogen-bond donors (Lipinski definition) is 2. The minimum atomic E-state index is -0.886. The lowest BCUT2D eigenvalue weighted by Gasteiger charge is -2.39. The molecule has 0 atom stereocenters. The molecule has 1 amide bonds. The van der Waals surface area contributed by atoms with Crippen molar-refractivity contribution in [1.82, 2.24) is 9.88 Å². The second kappa shape index (κ2) is 4.71. The summed E-state index contributed by atoms with van der Waals surface area (Å²) in [6, 6.07) is 3.79. The maximum Gasteiger partial charge on any atom is 0.407 e. The second-order valence-corrected chi connectivity index (χ2v) is 4.45. The number of piperidine rings is 1. The standard InChI is InChI=1S/C12H16N2O3/c15-9-12(10-2-1-5-13-8-10)3-6-14(7-4-12)11(16)17/h1-2,5,8,15H,3-4,6-7,9H2,(H,16,17). The molecule has 92 valence electrons. The van der Waals surface area contributed by atoms with Gasteiger partial charge in [0.2, 0.25) is 0 Å². The third-order valence-corrected chi connectivity index (χ3v) is 3.57. The maximum absolute atomic E-state index is 10.8. The van der Waals surface area contributed by atoms with E-state index in [1.165, 1.54) is 4.90 Å². The average molecular weight is 236 g/mol. The lowest BCUT2D eigenvalue weighted by atomic mass is 9.74. The molecule has 1 aliphatic heterocycles. The molecule has 1 aromatic rings. The summed E-state index contributed by atoms with van der Waals surface area (Å²) in [7, 11) is 0. The van der Waals surface area contributed by atoms with E-state index in [9.17, 15) is 9.90 Å². The normalized spacial score (nSPS) is 19.0. The van der Waals surface area contributed by atoms with E-state index in [0.717, 1.165) is 5.56 Å². The minimum Gasteiger partial charge on any atom is -0.465 e. The summed E-state index contributed by atoms with van der Waals surface area (Å²) >= 11 is 0. The van der Waals surface area contributed by atoms with Crippen LogP contribution in [0.25, 0.3) is 0 Å². The molecule has 0 saturated carbocycles. The van der Waals surface area contributed by atoms with E-state index in [-0.39, 0.29) is 12.0 Å². The van der Waals surface area contributed by atoms with Gasteiger partial charge < -0.3 is 15.1 Å². The van der Waals surface area contributed by atoms with Crippen LogP contribution in [0.2, 0.25) is 0 Å². The number of pyridine rings is 1. The fourth-order valence-electron chi connectivity index (χ4n) is 2.34. The molecule has 1 aliphatic rings. The molecule has 0 aliphatic carbocycles. The number of carboxylic acid groups (broad SMARTS) is 1. The molecule has 0 bridgehead atoms. The molecule has 2 heterocycles. The minimum absolute atomic E-state index is 0.0339. The van der Waals surface area contributed by atoms with Crippen molar-refractivity contribution in [3.05, 3.63) is 30.1 Å². The van der Waals surface area contributed by atoms with Gasteiger partial charge in [0.1, 0.15) is 0 Å². The zero-order valence-electron chi connectivity index (χ0n) is 9.54. The SMILES string of the molecule is O=C(O)N1CCC(CO)(c2cccnc2)CC1. The molecule has 0 aromatic carbocycles. The number of aliphatic hydroxyl groups is 1. The lowest BCUT2D eigenvalue weighted by molar-refractivity contribution is 0.0893. The molecule has 1 aromatic heterocycles. The molecule has 2 rings (SSSR count). The Balaban J connectivity index is 2.16. The van der Waals surface area contributed by atoms with Crippen molar-refractivity contribution >= 4 is 6.09 Å². The van der Waals surface area contributed by atoms with Gasteiger partial charge in [-0.05, 0) is 24.5 Å². The van der Waals surface area contributed by atoms with E-state index >= 15 is 0 Å². The summed E-state index contributed by atoms with van der Waals surface area (Å²) < 4.78 is 0. The van der Waals surface area contributed by atoms with Gasteiger partial charge in [-0.15, -0.1) is 0 Å². The number of aliphatic hydroxyl groups excluding tert-OH is 1. The van der Waals surface area contributed by atoms with Crippen LogP contribution in [0.15, 0.2) is 24.5 Å². The smallest absolute Gasteiger partial charge is 0.407 e. The van der Waals surface area contributed by atoms with Crippen LogP contribution < -0.4 is 0 Å². The molecular formula is C12H16N2O3. The summed E-state index contributed by atoms with van der Waals surface area (Å²) in [5, 5.41) is 18.5. The van der Waals surface area contributed by atoms with E-state index in [1.807, 2.05) is 12.1 Å². The number of aromatic nitrogens is 1. The summed E-state index contributed by atoms with van der Waals surface area (Å²) in [4.78, 5) is 16.3. The Kier molecular flexibility index (Phi) is 3.28. The Labute approximate surface area is 99.7 Å². The third-order valence-electron chi connectivity index (χ3n) is 3.57. The van der Waals surface area contributed by atoms with Crippen LogP contribution in [0.5, 0.6) is 0 Å². The highest BCUT2D eigenvalue weighted by Crippen LogP contribution is 2.34. The van der Waals surface area contributed by atoms with Crippen LogP contribution >= 0.6 is 0 Å². The van der Waals surface area contributed by atoms with E-state index in [2.05, 4.69) is 4.98 Å². The molecule has 5 nitrogen and oxygen atoms in total. The van der Waals surface area contributed by atoms with Crippen LogP contribution in [-0.2, 0) is 5.41 Å². The molecule has 2 N–H and O–H groups in total. The summed E-state index contributed by atoms with van der Waals surface area (Å²) in [5.74, 6) is 0. The molecule has 5 heteroatoms.